The number of carbonyl (C=O) groups excluding carboxylic acids is 1. The number of aromatic nitrogens is 1. The van der Waals surface area contributed by atoms with Gasteiger partial charge >= 0.3 is 5.97 Å². The van der Waals surface area contributed by atoms with Gasteiger partial charge in [0.05, 0.1) is 26.5 Å². The first kappa shape index (κ1) is 19.1. The number of carboxylic acids is 1. The molecular formula is C18H21N3O5S. The van der Waals surface area contributed by atoms with Gasteiger partial charge in [0, 0.05) is 17.0 Å². The van der Waals surface area contributed by atoms with Crippen molar-refractivity contribution in [1.82, 2.24) is 9.88 Å². The maximum atomic E-state index is 12.3. The van der Waals surface area contributed by atoms with Gasteiger partial charge in [-0.1, -0.05) is 0 Å². The molecule has 1 aromatic heterocycles. The minimum Gasteiger partial charge on any atom is -0.497 e. The van der Waals surface area contributed by atoms with Crippen LogP contribution in [0.15, 0.2) is 23.6 Å². The molecule has 1 saturated heterocycles. The molecular weight excluding hydrogens is 370 g/mol. The number of ether oxygens (including phenoxy) is 2. The first-order chi connectivity index (χ1) is 13.0. The standard InChI is InChI=1S/C18H21N3O5S/c1-25-11-5-6-12(15(8-11)26-2)13-10-27-18(19-13)20-16(22)9-21-7-3-4-14(21)17(23)24/h5-6,8,10,14H,3-4,7,9H2,1-2H3,(H,23,24)(H,19,20,22)/t14-/m0/s1. The maximum Gasteiger partial charge on any atom is 0.320 e. The number of methoxy groups -OCH3 is 2. The van der Waals surface area contributed by atoms with E-state index in [-0.39, 0.29) is 12.5 Å². The Bertz CT molecular complexity index is 838. The number of carboxylic acid groups (broad SMARTS) is 1. The quantitative estimate of drug-likeness (QED) is 0.747. The zero-order valence-corrected chi connectivity index (χ0v) is 15.9. The average molecular weight is 391 g/mol. The summed E-state index contributed by atoms with van der Waals surface area (Å²) >= 11 is 1.30. The number of anilines is 1. The van der Waals surface area contributed by atoms with Crippen molar-refractivity contribution in [2.45, 2.75) is 18.9 Å². The van der Waals surface area contributed by atoms with Crippen LogP contribution in [-0.4, -0.2) is 60.2 Å². The van der Waals surface area contributed by atoms with Gasteiger partial charge in [-0.05, 0) is 31.5 Å². The molecule has 0 bridgehead atoms. The van der Waals surface area contributed by atoms with E-state index in [1.54, 1.807) is 25.2 Å². The number of benzene rings is 1. The normalized spacial score (nSPS) is 16.9. The van der Waals surface area contributed by atoms with Gasteiger partial charge in [-0.25, -0.2) is 4.98 Å². The van der Waals surface area contributed by atoms with Crippen LogP contribution in [0.1, 0.15) is 12.8 Å². The zero-order valence-electron chi connectivity index (χ0n) is 15.1. The number of hydrogen-bond donors (Lipinski definition) is 2. The monoisotopic (exact) mass is 391 g/mol. The second-order valence-electron chi connectivity index (χ2n) is 6.12. The second-order valence-corrected chi connectivity index (χ2v) is 6.98. The number of carbonyl (C=O) groups is 2. The van der Waals surface area contributed by atoms with Gasteiger partial charge in [0.2, 0.25) is 5.91 Å². The number of nitrogens with zero attached hydrogens (tertiary/aromatic N) is 2. The van der Waals surface area contributed by atoms with Crippen LogP contribution >= 0.6 is 11.3 Å². The number of thiazole rings is 1. The van der Waals surface area contributed by atoms with Gasteiger partial charge in [-0.15, -0.1) is 11.3 Å². The molecule has 2 aromatic rings. The van der Waals surface area contributed by atoms with Crippen molar-refractivity contribution in [3.8, 4) is 22.8 Å². The second kappa shape index (κ2) is 8.36. The molecule has 1 atom stereocenters. The third-order valence-electron chi connectivity index (χ3n) is 4.43. The summed E-state index contributed by atoms with van der Waals surface area (Å²) in [4.78, 5) is 29.6. The number of amides is 1. The highest BCUT2D eigenvalue weighted by atomic mass is 32.1. The van der Waals surface area contributed by atoms with Gasteiger partial charge in [0.15, 0.2) is 5.13 Å². The average Bonchev–Trinajstić information content (AvgIpc) is 3.30. The van der Waals surface area contributed by atoms with E-state index in [0.717, 1.165) is 12.0 Å². The molecule has 1 aliphatic heterocycles. The molecule has 1 fully saturated rings. The Morgan fingerprint density at radius 1 is 1.37 bits per heavy atom. The zero-order chi connectivity index (χ0) is 19.4. The Kier molecular flexibility index (Phi) is 5.92. The number of likely N-dealkylation sites (tertiary alicyclic amines) is 1. The molecule has 3 rings (SSSR count). The number of nitrogens with one attached hydrogen (secondary N) is 1. The van der Waals surface area contributed by atoms with E-state index < -0.39 is 12.0 Å². The molecule has 0 unspecified atom stereocenters. The molecule has 2 heterocycles. The summed E-state index contributed by atoms with van der Waals surface area (Å²) in [5.74, 6) is 0.144. The summed E-state index contributed by atoms with van der Waals surface area (Å²) in [7, 11) is 3.16. The highest BCUT2D eigenvalue weighted by molar-refractivity contribution is 7.14. The van der Waals surface area contributed by atoms with Gasteiger partial charge in [0.1, 0.15) is 17.5 Å². The van der Waals surface area contributed by atoms with Crippen LogP contribution in [0.5, 0.6) is 11.5 Å². The topological polar surface area (TPSA) is 101 Å². The number of hydrogen-bond acceptors (Lipinski definition) is 7. The van der Waals surface area contributed by atoms with Crippen molar-refractivity contribution >= 4 is 28.3 Å². The highest BCUT2D eigenvalue weighted by Crippen LogP contribution is 2.34. The summed E-state index contributed by atoms with van der Waals surface area (Å²) < 4.78 is 10.6. The molecule has 0 radical (unpaired) electrons. The molecule has 1 aliphatic rings. The minimum atomic E-state index is -0.886. The molecule has 0 spiro atoms. The minimum absolute atomic E-state index is 0.0394. The van der Waals surface area contributed by atoms with E-state index in [1.165, 1.54) is 11.3 Å². The van der Waals surface area contributed by atoms with Crippen molar-refractivity contribution < 1.29 is 24.2 Å². The Morgan fingerprint density at radius 2 is 2.19 bits per heavy atom. The van der Waals surface area contributed by atoms with Crippen molar-refractivity contribution in [2.75, 3.05) is 32.6 Å². The largest absolute Gasteiger partial charge is 0.497 e. The maximum absolute atomic E-state index is 12.3. The van der Waals surface area contributed by atoms with Gasteiger partial charge in [0.25, 0.3) is 0 Å². The van der Waals surface area contributed by atoms with Gasteiger partial charge in [-0.3, -0.25) is 14.5 Å². The van der Waals surface area contributed by atoms with Crippen molar-refractivity contribution in [1.29, 1.82) is 0 Å². The molecule has 1 aromatic carbocycles. The van der Waals surface area contributed by atoms with E-state index >= 15 is 0 Å². The van der Waals surface area contributed by atoms with Crippen LogP contribution in [0, 0.1) is 0 Å². The first-order valence-corrected chi connectivity index (χ1v) is 9.34. The summed E-state index contributed by atoms with van der Waals surface area (Å²) in [5, 5.41) is 14.2. The molecule has 144 valence electrons. The molecule has 0 saturated carbocycles. The lowest BCUT2D eigenvalue weighted by atomic mass is 10.1. The fourth-order valence-electron chi connectivity index (χ4n) is 3.10. The summed E-state index contributed by atoms with van der Waals surface area (Å²) in [6.45, 7) is 0.647. The fourth-order valence-corrected chi connectivity index (χ4v) is 3.83. The van der Waals surface area contributed by atoms with Crippen LogP contribution in [0.25, 0.3) is 11.3 Å². The van der Waals surface area contributed by atoms with Crippen molar-refractivity contribution in [2.24, 2.45) is 0 Å². The van der Waals surface area contributed by atoms with Crippen LogP contribution in [0.2, 0.25) is 0 Å². The van der Waals surface area contributed by atoms with Crippen molar-refractivity contribution in [3.63, 3.8) is 0 Å². The lowest BCUT2D eigenvalue weighted by Crippen LogP contribution is -2.40. The lowest BCUT2D eigenvalue weighted by molar-refractivity contribution is -0.142. The SMILES string of the molecule is COc1ccc(-c2csc(NC(=O)CN3CCC[C@H]3C(=O)O)n2)c(OC)c1. The predicted molar refractivity (Wildman–Crippen MR) is 102 cm³/mol. The van der Waals surface area contributed by atoms with Crippen LogP contribution in [-0.2, 0) is 9.59 Å². The van der Waals surface area contributed by atoms with E-state index in [0.29, 0.717) is 35.3 Å². The summed E-state index contributed by atoms with van der Waals surface area (Å²) in [6.07, 6.45) is 1.35. The van der Waals surface area contributed by atoms with Gasteiger partial charge in [-0.2, -0.15) is 0 Å². The van der Waals surface area contributed by atoms with Crippen LogP contribution in [0.4, 0.5) is 5.13 Å². The molecule has 0 aliphatic carbocycles. The number of rotatable bonds is 7. The Labute approximate surface area is 160 Å². The Balaban J connectivity index is 1.68. The molecule has 27 heavy (non-hydrogen) atoms. The van der Waals surface area contributed by atoms with Crippen LogP contribution < -0.4 is 14.8 Å². The third kappa shape index (κ3) is 4.37. The van der Waals surface area contributed by atoms with E-state index in [4.69, 9.17) is 9.47 Å². The summed E-state index contributed by atoms with van der Waals surface area (Å²) in [6, 6.07) is 4.84. The molecule has 9 heteroatoms. The lowest BCUT2D eigenvalue weighted by Gasteiger charge is -2.19. The number of aliphatic carboxylic acids is 1. The van der Waals surface area contributed by atoms with E-state index in [2.05, 4.69) is 10.3 Å². The Morgan fingerprint density at radius 3 is 2.89 bits per heavy atom. The van der Waals surface area contributed by atoms with E-state index in [9.17, 15) is 14.7 Å². The van der Waals surface area contributed by atoms with Crippen molar-refractivity contribution in [3.05, 3.63) is 23.6 Å². The molecule has 1 amide bonds. The fraction of sp³-hybridized carbons (Fsp3) is 0.389. The third-order valence-corrected chi connectivity index (χ3v) is 5.19. The predicted octanol–water partition coefficient (Wildman–Crippen LogP) is 2.31. The first-order valence-electron chi connectivity index (χ1n) is 8.46. The van der Waals surface area contributed by atoms with Crippen LogP contribution in [0.3, 0.4) is 0 Å². The summed E-state index contributed by atoms with van der Waals surface area (Å²) in [5.41, 5.74) is 1.47. The molecule has 2 N–H and O–H groups in total. The van der Waals surface area contributed by atoms with E-state index in [1.807, 2.05) is 17.5 Å². The van der Waals surface area contributed by atoms with Gasteiger partial charge < -0.3 is 19.9 Å². The molecule has 8 nitrogen and oxygen atoms in total. The smallest absolute Gasteiger partial charge is 0.320 e. The Hall–Kier alpha value is -2.65. The highest BCUT2D eigenvalue weighted by Gasteiger charge is 2.31.